The molecule has 2 saturated heterocycles. The molecule has 2 N–H and O–H groups in total. The molecule has 6 rings (SSSR count). The molecule has 0 bridgehead atoms. The van der Waals surface area contributed by atoms with Crippen molar-refractivity contribution in [3.05, 3.63) is 58.6 Å². The number of hydrogen-bond acceptors (Lipinski definition) is 7. The number of amidine groups is 1. The van der Waals surface area contributed by atoms with Gasteiger partial charge in [-0.2, -0.15) is 5.26 Å². The molecule has 38 heavy (non-hydrogen) atoms. The van der Waals surface area contributed by atoms with Gasteiger partial charge in [-0.1, -0.05) is 11.6 Å². The Morgan fingerprint density at radius 3 is 2.50 bits per heavy atom. The van der Waals surface area contributed by atoms with Crippen LogP contribution in [0.25, 0.3) is 0 Å². The molecule has 0 spiro atoms. The van der Waals surface area contributed by atoms with Gasteiger partial charge in [0.25, 0.3) is 0 Å². The first-order valence-electron chi connectivity index (χ1n) is 14.1. The third-order valence-corrected chi connectivity index (χ3v) is 8.92. The Morgan fingerprint density at radius 2 is 1.79 bits per heavy atom. The highest BCUT2D eigenvalue weighted by Gasteiger charge is 2.32. The molecule has 2 aromatic rings. The highest BCUT2D eigenvalue weighted by molar-refractivity contribution is 6.31. The zero-order chi connectivity index (χ0) is 25.9. The van der Waals surface area contributed by atoms with Crippen molar-refractivity contribution in [3.63, 3.8) is 0 Å². The highest BCUT2D eigenvalue weighted by atomic mass is 35.5. The molecule has 3 fully saturated rings. The van der Waals surface area contributed by atoms with Gasteiger partial charge in [-0.3, -0.25) is 4.99 Å². The second kappa shape index (κ2) is 11.5. The van der Waals surface area contributed by atoms with Gasteiger partial charge in [-0.15, -0.1) is 0 Å². The van der Waals surface area contributed by atoms with Crippen LogP contribution in [0.5, 0.6) is 5.75 Å². The molecule has 0 radical (unpaired) electrons. The molecule has 0 aromatic heterocycles. The van der Waals surface area contributed by atoms with Gasteiger partial charge in [0.05, 0.1) is 23.2 Å². The summed E-state index contributed by atoms with van der Waals surface area (Å²) in [5, 5.41) is 16.7. The molecule has 0 amide bonds. The van der Waals surface area contributed by atoms with Crippen LogP contribution in [0.1, 0.15) is 36.8 Å². The summed E-state index contributed by atoms with van der Waals surface area (Å²) < 4.78 is 6.17. The zero-order valence-corrected chi connectivity index (χ0v) is 22.7. The van der Waals surface area contributed by atoms with Gasteiger partial charge < -0.3 is 25.2 Å². The first-order chi connectivity index (χ1) is 18.6. The highest BCUT2D eigenvalue weighted by Crippen LogP contribution is 2.32. The summed E-state index contributed by atoms with van der Waals surface area (Å²) in [6.07, 6.45) is 4.49. The van der Waals surface area contributed by atoms with E-state index in [-0.39, 0.29) is 6.10 Å². The fourth-order valence-electron chi connectivity index (χ4n) is 6.34. The Kier molecular flexibility index (Phi) is 7.73. The van der Waals surface area contributed by atoms with Crippen LogP contribution in [0.2, 0.25) is 5.02 Å². The van der Waals surface area contributed by atoms with Crippen molar-refractivity contribution in [2.75, 3.05) is 57.3 Å². The number of anilines is 1. The summed E-state index contributed by atoms with van der Waals surface area (Å²) in [6, 6.07) is 16.8. The van der Waals surface area contributed by atoms with Crippen LogP contribution in [-0.2, 0) is 0 Å². The quantitative estimate of drug-likeness (QED) is 0.563. The Hall–Kier alpha value is -2.79. The molecule has 200 valence electrons. The van der Waals surface area contributed by atoms with E-state index in [0.29, 0.717) is 22.5 Å². The van der Waals surface area contributed by atoms with Gasteiger partial charge in [0, 0.05) is 75.1 Å². The molecule has 3 aliphatic heterocycles. The molecule has 7 nitrogen and oxygen atoms in total. The Morgan fingerprint density at radius 1 is 1.03 bits per heavy atom. The number of nitriles is 1. The predicted molar refractivity (Wildman–Crippen MR) is 152 cm³/mol. The molecular formula is C30H37ClN6O. The fraction of sp³-hybridized carbons (Fsp3) is 0.533. The van der Waals surface area contributed by atoms with E-state index in [1.807, 2.05) is 6.07 Å². The summed E-state index contributed by atoms with van der Waals surface area (Å²) in [6.45, 7) is 9.03. The van der Waals surface area contributed by atoms with Crippen molar-refractivity contribution in [1.29, 1.82) is 5.26 Å². The minimum Gasteiger partial charge on any atom is -0.490 e. The van der Waals surface area contributed by atoms with Crippen LogP contribution in [0, 0.1) is 23.2 Å². The van der Waals surface area contributed by atoms with Gasteiger partial charge in [0.15, 0.2) is 0 Å². The number of nitrogens with zero attached hydrogens (tertiary/aromatic N) is 4. The Balaban J connectivity index is 0.941. The lowest BCUT2D eigenvalue weighted by atomic mass is 9.82. The average Bonchev–Trinajstić information content (AvgIpc) is 3.42. The molecule has 1 saturated carbocycles. The van der Waals surface area contributed by atoms with E-state index in [1.54, 1.807) is 12.1 Å². The van der Waals surface area contributed by atoms with Crippen LogP contribution in [0.4, 0.5) is 5.69 Å². The lowest BCUT2D eigenvalue weighted by Crippen LogP contribution is -2.54. The van der Waals surface area contributed by atoms with Crippen LogP contribution in [-0.4, -0.2) is 75.2 Å². The molecule has 3 heterocycles. The maximum Gasteiger partial charge on any atom is 0.128 e. The van der Waals surface area contributed by atoms with Crippen molar-refractivity contribution < 1.29 is 4.74 Å². The third kappa shape index (κ3) is 5.78. The first-order valence-corrected chi connectivity index (χ1v) is 14.5. The number of aliphatic imine (C=N–C) groups is 1. The summed E-state index contributed by atoms with van der Waals surface area (Å²) >= 11 is 6.16. The van der Waals surface area contributed by atoms with E-state index in [1.165, 1.54) is 30.9 Å². The summed E-state index contributed by atoms with van der Waals surface area (Å²) in [7, 11) is 0. The van der Waals surface area contributed by atoms with E-state index >= 15 is 0 Å². The fourth-order valence-corrected chi connectivity index (χ4v) is 6.56. The number of hydrogen-bond donors (Lipinski definition) is 2. The van der Waals surface area contributed by atoms with Gasteiger partial charge in [0.2, 0.25) is 0 Å². The minimum absolute atomic E-state index is 0.197. The van der Waals surface area contributed by atoms with Crippen molar-refractivity contribution >= 4 is 23.1 Å². The largest absolute Gasteiger partial charge is 0.490 e. The maximum absolute atomic E-state index is 9.06. The predicted octanol–water partition coefficient (Wildman–Crippen LogP) is 3.91. The van der Waals surface area contributed by atoms with Crippen molar-refractivity contribution in [1.82, 2.24) is 15.5 Å². The standard InChI is InChI=1S/C30H37ClN6O/c31-28-15-27(10-5-24(28)16-32)38-26-8-3-22(4-9-26)29-17-34-30(35-29)23-1-6-25(7-2-23)37-19-21(20-37)18-36-13-11-33-12-14-36/h1-2,5-7,10,15,21-22,26,29,33H,3-4,8-9,11-14,17-20H2,(H,34,35)/t22-,26-,29?. The molecule has 2 aromatic carbocycles. The number of rotatable bonds is 7. The topological polar surface area (TPSA) is 75.9 Å². The normalized spacial score (nSPS) is 26.3. The third-order valence-electron chi connectivity index (χ3n) is 8.61. The minimum atomic E-state index is 0.197. The van der Waals surface area contributed by atoms with Gasteiger partial charge in [-0.05, 0) is 68.0 Å². The monoisotopic (exact) mass is 532 g/mol. The van der Waals surface area contributed by atoms with Crippen LogP contribution in [0.15, 0.2) is 47.5 Å². The van der Waals surface area contributed by atoms with Gasteiger partial charge >= 0.3 is 0 Å². The molecule has 1 aliphatic carbocycles. The van der Waals surface area contributed by atoms with Crippen LogP contribution in [0.3, 0.4) is 0 Å². The van der Waals surface area contributed by atoms with Gasteiger partial charge in [-0.25, -0.2) is 0 Å². The van der Waals surface area contributed by atoms with Gasteiger partial charge in [0.1, 0.15) is 17.7 Å². The van der Waals surface area contributed by atoms with Crippen LogP contribution < -0.4 is 20.3 Å². The Labute approximate surface area is 230 Å². The number of nitrogens with one attached hydrogen (secondary N) is 2. The maximum atomic E-state index is 9.06. The SMILES string of the molecule is N#Cc1ccc(O[C@H]2CC[C@H](C3CN=C(c4ccc(N5CC(CN6CCNCC6)C5)cc4)N3)CC2)cc1Cl. The van der Waals surface area contributed by atoms with Crippen molar-refractivity contribution in [3.8, 4) is 11.8 Å². The number of benzene rings is 2. The number of ether oxygens (including phenoxy) is 1. The molecule has 1 unspecified atom stereocenters. The van der Waals surface area contributed by atoms with E-state index in [0.717, 1.165) is 75.9 Å². The lowest BCUT2D eigenvalue weighted by Gasteiger charge is -2.44. The Bertz CT molecular complexity index is 1170. The smallest absolute Gasteiger partial charge is 0.128 e. The first kappa shape index (κ1) is 25.5. The van der Waals surface area contributed by atoms with E-state index in [2.05, 4.69) is 50.8 Å². The van der Waals surface area contributed by atoms with E-state index in [4.69, 9.17) is 26.6 Å². The summed E-state index contributed by atoms with van der Waals surface area (Å²) in [5.74, 6) is 3.18. The summed E-state index contributed by atoms with van der Waals surface area (Å²) in [5.41, 5.74) is 2.99. The second-order valence-electron chi connectivity index (χ2n) is 11.2. The zero-order valence-electron chi connectivity index (χ0n) is 21.9. The number of halogens is 1. The molecular weight excluding hydrogens is 496 g/mol. The van der Waals surface area contributed by atoms with E-state index < -0.39 is 0 Å². The molecule has 8 heteroatoms. The number of piperazine rings is 1. The van der Waals surface area contributed by atoms with E-state index in [9.17, 15) is 0 Å². The second-order valence-corrected chi connectivity index (χ2v) is 11.6. The van der Waals surface area contributed by atoms with Crippen LogP contribution >= 0.6 is 11.6 Å². The van der Waals surface area contributed by atoms with Crippen molar-refractivity contribution in [2.24, 2.45) is 16.8 Å². The summed E-state index contributed by atoms with van der Waals surface area (Å²) in [4.78, 5) is 9.97. The average molecular weight is 533 g/mol. The van der Waals surface area contributed by atoms with Crippen molar-refractivity contribution in [2.45, 2.75) is 37.8 Å². The molecule has 4 aliphatic rings. The molecule has 1 atom stereocenters. The lowest BCUT2D eigenvalue weighted by molar-refractivity contribution is 0.122.